The van der Waals surface area contributed by atoms with Crippen LogP contribution in [0, 0.1) is 0 Å². The van der Waals surface area contributed by atoms with Crippen molar-refractivity contribution >= 4 is 0 Å². The molecule has 0 aromatic heterocycles. The summed E-state index contributed by atoms with van der Waals surface area (Å²) in [5.41, 5.74) is 3.13. The van der Waals surface area contributed by atoms with Crippen LogP contribution in [0.2, 0.25) is 0 Å². The lowest BCUT2D eigenvalue weighted by atomic mass is 10.0. The molecule has 0 amide bonds. The van der Waals surface area contributed by atoms with Crippen LogP contribution < -0.4 is 0 Å². The number of rotatable bonds is 10. The van der Waals surface area contributed by atoms with Crippen molar-refractivity contribution in [3.63, 3.8) is 0 Å². The number of hydrogen-bond acceptors (Lipinski definition) is 0. The molecule has 2 nitrogen and oxygen atoms in total. The monoisotopic (exact) mass is 358 g/mol. The Labute approximate surface area is 162 Å². The summed E-state index contributed by atoms with van der Waals surface area (Å²) < 4.78 is 2.77. The summed E-state index contributed by atoms with van der Waals surface area (Å²) in [6.45, 7) is 15.9. The van der Waals surface area contributed by atoms with Crippen LogP contribution in [0.5, 0.6) is 0 Å². The molecule has 2 fully saturated rings. The number of benzene rings is 1. The van der Waals surface area contributed by atoms with E-state index in [2.05, 4.69) is 38.1 Å². The zero-order valence-electron chi connectivity index (χ0n) is 17.5. The van der Waals surface area contributed by atoms with Crippen LogP contribution in [-0.2, 0) is 12.8 Å². The van der Waals surface area contributed by atoms with Crippen molar-refractivity contribution in [3.05, 3.63) is 35.4 Å². The van der Waals surface area contributed by atoms with E-state index < -0.39 is 0 Å². The van der Waals surface area contributed by atoms with Crippen molar-refractivity contribution in [2.75, 3.05) is 52.4 Å². The van der Waals surface area contributed by atoms with Gasteiger partial charge in [0.1, 0.15) is 0 Å². The maximum atomic E-state index is 2.50. The van der Waals surface area contributed by atoms with E-state index in [4.69, 9.17) is 0 Å². The van der Waals surface area contributed by atoms with Gasteiger partial charge in [0.05, 0.1) is 52.4 Å². The Balaban J connectivity index is 1.44. The second-order valence-corrected chi connectivity index (χ2v) is 9.10. The summed E-state index contributed by atoms with van der Waals surface area (Å²) in [7, 11) is 0. The van der Waals surface area contributed by atoms with Crippen molar-refractivity contribution in [1.29, 1.82) is 0 Å². The summed E-state index contributed by atoms with van der Waals surface area (Å²) in [6, 6.07) is 9.50. The highest BCUT2D eigenvalue weighted by Crippen LogP contribution is 2.22. The van der Waals surface area contributed by atoms with Crippen LogP contribution in [0.15, 0.2) is 24.3 Å². The van der Waals surface area contributed by atoms with Crippen LogP contribution >= 0.6 is 0 Å². The largest absolute Gasteiger partial charge is 0.324 e. The first kappa shape index (κ1) is 19.9. The van der Waals surface area contributed by atoms with E-state index in [9.17, 15) is 0 Å². The summed E-state index contributed by atoms with van der Waals surface area (Å²) in [6.07, 6.45) is 11.0. The van der Waals surface area contributed by atoms with Gasteiger partial charge in [-0.2, -0.15) is 0 Å². The molecule has 0 saturated carbocycles. The first-order chi connectivity index (χ1) is 12.7. The summed E-state index contributed by atoms with van der Waals surface area (Å²) in [5, 5.41) is 0. The Morgan fingerprint density at radius 1 is 0.692 bits per heavy atom. The number of likely N-dealkylation sites (tertiary alicyclic amines) is 2. The minimum atomic E-state index is 1.27. The molecule has 2 heterocycles. The first-order valence-electron chi connectivity index (χ1n) is 11.5. The van der Waals surface area contributed by atoms with E-state index in [0.717, 1.165) is 0 Å². The lowest BCUT2D eigenvalue weighted by Crippen LogP contribution is -2.45. The zero-order chi connectivity index (χ0) is 18.3. The summed E-state index contributed by atoms with van der Waals surface area (Å²) in [5.74, 6) is 0. The standard InChI is InChI=1S/C24H42N2/c1-3-25(16-5-6-17-25)20-10-14-23-12-9-13-24(22-23)15-11-21-26(4-2)18-7-8-19-26/h9,12-13,22H,3-8,10-11,14-21H2,1-2H3/q+2. The van der Waals surface area contributed by atoms with E-state index >= 15 is 0 Å². The van der Waals surface area contributed by atoms with E-state index in [-0.39, 0.29) is 0 Å². The molecule has 0 N–H and O–H groups in total. The smallest absolute Gasteiger partial charge is 0.0789 e. The summed E-state index contributed by atoms with van der Waals surface area (Å²) >= 11 is 0. The number of nitrogens with zero attached hydrogens (tertiary/aromatic N) is 2. The molecule has 0 spiro atoms. The molecule has 26 heavy (non-hydrogen) atoms. The Bertz CT molecular complexity index is 494. The fraction of sp³-hybridized carbons (Fsp3) is 0.750. The predicted molar refractivity (Wildman–Crippen MR) is 112 cm³/mol. The third-order valence-corrected chi connectivity index (χ3v) is 7.56. The molecule has 0 radical (unpaired) electrons. The molecule has 2 aliphatic heterocycles. The Morgan fingerprint density at radius 2 is 1.12 bits per heavy atom. The molecule has 0 unspecified atom stereocenters. The lowest BCUT2D eigenvalue weighted by Gasteiger charge is -2.33. The van der Waals surface area contributed by atoms with Crippen molar-refractivity contribution < 1.29 is 8.97 Å². The van der Waals surface area contributed by atoms with Crippen LogP contribution in [-0.4, -0.2) is 61.3 Å². The van der Waals surface area contributed by atoms with Crippen LogP contribution in [0.1, 0.15) is 63.5 Å². The molecule has 2 heteroatoms. The Morgan fingerprint density at radius 3 is 1.50 bits per heavy atom. The van der Waals surface area contributed by atoms with Gasteiger partial charge in [-0.25, -0.2) is 0 Å². The minimum absolute atomic E-state index is 1.27. The number of hydrogen-bond donors (Lipinski definition) is 0. The third kappa shape index (κ3) is 5.10. The fourth-order valence-electron chi connectivity index (χ4n) is 5.59. The quantitative estimate of drug-likeness (QED) is 0.526. The summed E-state index contributed by atoms with van der Waals surface area (Å²) in [4.78, 5) is 0. The molecule has 1 aromatic carbocycles. The van der Waals surface area contributed by atoms with Gasteiger partial charge in [0.25, 0.3) is 0 Å². The van der Waals surface area contributed by atoms with Crippen LogP contribution in [0.3, 0.4) is 0 Å². The van der Waals surface area contributed by atoms with E-state index in [1.807, 2.05) is 0 Å². The van der Waals surface area contributed by atoms with Gasteiger partial charge in [0.15, 0.2) is 0 Å². The second-order valence-electron chi connectivity index (χ2n) is 9.10. The Hall–Kier alpha value is -0.860. The maximum absolute atomic E-state index is 2.50. The molecule has 3 rings (SSSR count). The van der Waals surface area contributed by atoms with Gasteiger partial charge < -0.3 is 8.97 Å². The van der Waals surface area contributed by atoms with E-state index in [0.29, 0.717) is 0 Å². The van der Waals surface area contributed by atoms with Crippen molar-refractivity contribution in [2.24, 2.45) is 0 Å². The normalized spacial score (nSPS) is 21.3. The number of aryl methyl sites for hydroxylation is 2. The highest BCUT2D eigenvalue weighted by atomic mass is 15.4. The fourth-order valence-corrected chi connectivity index (χ4v) is 5.59. The Kier molecular flexibility index (Phi) is 7.17. The lowest BCUT2D eigenvalue weighted by molar-refractivity contribution is -0.915. The third-order valence-electron chi connectivity index (χ3n) is 7.56. The predicted octanol–water partition coefficient (Wildman–Crippen LogP) is 4.81. The molecular weight excluding hydrogens is 316 g/mol. The van der Waals surface area contributed by atoms with Gasteiger partial charge in [0.2, 0.25) is 0 Å². The van der Waals surface area contributed by atoms with Gasteiger partial charge in [-0.15, -0.1) is 0 Å². The highest BCUT2D eigenvalue weighted by Gasteiger charge is 2.30. The first-order valence-corrected chi connectivity index (χ1v) is 11.5. The second kappa shape index (κ2) is 9.37. The van der Waals surface area contributed by atoms with Gasteiger partial charge in [-0.1, -0.05) is 24.3 Å². The maximum Gasteiger partial charge on any atom is 0.0789 e. The SMILES string of the molecule is CC[N+]1(CCCc2cccc(CCC[N+]3(CC)CCCC3)c2)CCCC1. The van der Waals surface area contributed by atoms with Crippen molar-refractivity contribution in [1.82, 2.24) is 0 Å². The molecule has 2 aliphatic rings. The molecule has 0 atom stereocenters. The molecular formula is C24H42N2+2. The molecule has 0 aliphatic carbocycles. The van der Waals surface area contributed by atoms with Gasteiger partial charge >= 0.3 is 0 Å². The molecule has 2 saturated heterocycles. The van der Waals surface area contributed by atoms with Gasteiger partial charge in [-0.3, -0.25) is 0 Å². The average molecular weight is 359 g/mol. The van der Waals surface area contributed by atoms with Gasteiger partial charge in [-0.05, 0) is 37.8 Å². The van der Waals surface area contributed by atoms with Gasteiger partial charge in [0, 0.05) is 38.5 Å². The van der Waals surface area contributed by atoms with Crippen LogP contribution in [0.25, 0.3) is 0 Å². The zero-order valence-corrected chi connectivity index (χ0v) is 17.5. The molecule has 1 aromatic rings. The average Bonchev–Trinajstić information content (AvgIpc) is 3.33. The van der Waals surface area contributed by atoms with E-state index in [1.54, 1.807) is 11.1 Å². The molecule has 0 bridgehead atoms. The highest BCUT2D eigenvalue weighted by molar-refractivity contribution is 5.23. The molecule has 146 valence electrons. The van der Waals surface area contributed by atoms with Crippen LogP contribution in [0.4, 0.5) is 0 Å². The van der Waals surface area contributed by atoms with Crippen molar-refractivity contribution in [3.8, 4) is 0 Å². The van der Waals surface area contributed by atoms with Crippen molar-refractivity contribution in [2.45, 2.75) is 65.2 Å². The topological polar surface area (TPSA) is 0 Å². The minimum Gasteiger partial charge on any atom is -0.324 e. The number of quaternary nitrogens is 2. The van der Waals surface area contributed by atoms with E-state index in [1.165, 1.54) is 113 Å².